The van der Waals surface area contributed by atoms with Crippen LogP contribution in [0.3, 0.4) is 0 Å². The molecule has 2 fully saturated rings. The zero-order valence-electron chi connectivity index (χ0n) is 18.2. The van der Waals surface area contributed by atoms with E-state index in [2.05, 4.69) is 0 Å². The minimum absolute atomic E-state index is 0.00668. The Bertz CT molecular complexity index is 537. The molecule has 0 aromatic rings. The monoisotopic (exact) mass is 414 g/mol. The van der Waals surface area contributed by atoms with Crippen LogP contribution in [0.4, 0.5) is 0 Å². The number of aliphatic hydroxyl groups excluding tert-OH is 1. The van der Waals surface area contributed by atoms with Gasteiger partial charge in [0.15, 0.2) is 0 Å². The molecule has 2 aliphatic heterocycles. The molecule has 0 amide bonds. The van der Waals surface area contributed by atoms with Crippen LogP contribution in [0.5, 0.6) is 0 Å². The van der Waals surface area contributed by atoms with Gasteiger partial charge in [-0.15, -0.1) is 0 Å². The Kier molecular flexibility index (Phi) is 9.37. The van der Waals surface area contributed by atoms with Crippen LogP contribution in [0.25, 0.3) is 0 Å². The van der Waals surface area contributed by atoms with Gasteiger partial charge in [0.1, 0.15) is 6.10 Å². The summed E-state index contributed by atoms with van der Waals surface area (Å²) in [6, 6.07) is 0. The summed E-state index contributed by atoms with van der Waals surface area (Å²) < 4.78 is 17.6. The number of aliphatic carboxylic acids is 1. The van der Waals surface area contributed by atoms with Crippen LogP contribution in [0, 0.1) is 11.8 Å². The van der Waals surface area contributed by atoms with Gasteiger partial charge in [-0.2, -0.15) is 0 Å². The standard InChI is InChI=1S/C22H38O7/c1-5-15(23)11-17-7-10-20(27-17)14(4)22(26)29-16(6-2)12-18-8-9-19(28-18)13(3)21(24)25/h13-20,23H,5-12H2,1-4H3,(H,24,25)/t13-,14-,15-,16+,17-,18-,19-,20+/m0/s1. The molecule has 168 valence electrons. The van der Waals surface area contributed by atoms with Gasteiger partial charge in [-0.1, -0.05) is 13.8 Å². The number of hydrogen-bond acceptors (Lipinski definition) is 6. The van der Waals surface area contributed by atoms with Gasteiger partial charge in [-0.3, -0.25) is 9.59 Å². The molecule has 0 spiro atoms. The van der Waals surface area contributed by atoms with Crippen molar-refractivity contribution in [3.8, 4) is 0 Å². The summed E-state index contributed by atoms with van der Waals surface area (Å²) in [5.74, 6) is -1.98. The van der Waals surface area contributed by atoms with Crippen LogP contribution < -0.4 is 0 Å². The number of carbonyl (C=O) groups excluding carboxylic acids is 1. The van der Waals surface area contributed by atoms with Crippen molar-refractivity contribution < 1.29 is 34.0 Å². The average molecular weight is 415 g/mol. The van der Waals surface area contributed by atoms with E-state index in [1.165, 1.54) is 0 Å². The third kappa shape index (κ3) is 6.93. The molecule has 0 saturated carbocycles. The number of esters is 1. The Balaban J connectivity index is 1.78. The molecule has 29 heavy (non-hydrogen) atoms. The lowest BCUT2D eigenvalue weighted by atomic mass is 10.00. The lowest BCUT2D eigenvalue weighted by Crippen LogP contribution is -2.33. The zero-order chi connectivity index (χ0) is 21.6. The highest BCUT2D eigenvalue weighted by Gasteiger charge is 2.37. The summed E-state index contributed by atoms with van der Waals surface area (Å²) in [5, 5.41) is 19.0. The van der Waals surface area contributed by atoms with Gasteiger partial charge in [0.25, 0.3) is 0 Å². The summed E-state index contributed by atoms with van der Waals surface area (Å²) >= 11 is 0. The Labute approximate surface area is 174 Å². The summed E-state index contributed by atoms with van der Waals surface area (Å²) in [7, 11) is 0. The molecule has 0 unspecified atom stereocenters. The maximum Gasteiger partial charge on any atom is 0.311 e. The van der Waals surface area contributed by atoms with Crippen LogP contribution in [0.2, 0.25) is 0 Å². The fourth-order valence-electron chi connectivity index (χ4n) is 4.19. The van der Waals surface area contributed by atoms with E-state index < -0.39 is 11.9 Å². The van der Waals surface area contributed by atoms with Crippen LogP contribution in [-0.4, -0.2) is 58.8 Å². The highest BCUT2D eigenvalue weighted by molar-refractivity contribution is 5.73. The molecule has 2 rings (SSSR count). The van der Waals surface area contributed by atoms with Crippen LogP contribution in [0.1, 0.15) is 79.1 Å². The SMILES string of the molecule is CC[C@H](O)C[C@@H]1CC[C@H]([C@H](C)C(=O)O[C@H](CC)C[C@@H]2CC[C@@H]([C@H](C)C(=O)O)O2)O1. The highest BCUT2D eigenvalue weighted by atomic mass is 16.6. The summed E-state index contributed by atoms with van der Waals surface area (Å²) in [5.41, 5.74) is 0. The number of carboxylic acid groups (broad SMARTS) is 1. The summed E-state index contributed by atoms with van der Waals surface area (Å²) in [4.78, 5) is 23.8. The number of rotatable bonds is 11. The first-order valence-electron chi connectivity index (χ1n) is 11.2. The van der Waals surface area contributed by atoms with E-state index >= 15 is 0 Å². The predicted molar refractivity (Wildman–Crippen MR) is 107 cm³/mol. The van der Waals surface area contributed by atoms with Crippen LogP contribution >= 0.6 is 0 Å². The highest BCUT2D eigenvalue weighted by Crippen LogP contribution is 2.31. The quantitative estimate of drug-likeness (QED) is 0.500. The van der Waals surface area contributed by atoms with Gasteiger partial charge in [0, 0.05) is 6.42 Å². The van der Waals surface area contributed by atoms with E-state index in [0.717, 1.165) is 25.7 Å². The molecule has 2 N–H and O–H groups in total. The van der Waals surface area contributed by atoms with Crippen molar-refractivity contribution in [3.63, 3.8) is 0 Å². The number of carboxylic acids is 1. The van der Waals surface area contributed by atoms with E-state index in [9.17, 15) is 14.7 Å². The first-order valence-corrected chi connectivity index (χ1v) is 11.2. The average Bonchev–Trinajstić information content (AvgIpc) is 3.35. The maximum atomic E-state index is 12.6. The Morgan fingerprint density at radius 3 is 2.00 bits per heavy atom. The van der Waals surface area contributed by atoms with Gasteiger partial charge < -0.3 is 24.4 Å². The molecule has 2 saturated heterocycles. The third-order valence-corrected chi connectivity index (χ3v) is 6.43. The maximum absolute atomic E-state index is 12.6. The Morgan fingerprint density at radius 1 is 0.931 bits per heavy atom. The molecule has 7 heteroatoms. The molecule has 8 atom stereocenters. The van der Waals surface area contributed by atoms with Crippen molar-refractivity contribution in [1.29, 1.82) is 0 Å². The molecular formula is C22H38O7. The van der Waals surface area contributed by atoms with Gasteiger partial charge in [0.2, 0.25) is 0 Å². The smallest absolute Gasteiger partial charge is 0.311 e. The zero-order valence-corrected chi connectivity index (χ0v) is 18.2. The fraction of sp³-hybridized carbons (Fsp3) is 0.909. The second-order valence-corrected chi connectivity index (χ2v) is 8.66. The first kappa shape index (κ1) is 24.1. The van der Waals surface area contributed by atoms with E-state index in [4.69, 9.17) is 19.3 Å². The van der Waals surface area contributed by atoms with Crippen molar-refractivity contribution in [1.82, 2.24) is 0 Å². The van der Waals surface area contributed by atoms with Crippen molar-refractivity contribution in [2.24, 2.45) is 11.8 Å². The molecule has 0 radical (unpaired) electrons. The lowest BCUT2D eigenvalue weighted by molar-refractivity contribution is -0.160. The number of hydrogen-bond donors (Lipinski definition) is 2. The number of aliphatic hydroxyl groups is 1. The first-order chi connectivity index (χ1) is 13.7. The van der Waals surface area contributed by atoms with Crippen LogP contribution in [-0.2, 0) is 23.8 Å². The predicted octanol–water partition coefficient (Wildman–Crippen LogP) is 3.31. The molecule has 2 aliphatic rings. The number of ether oxygens (including phenoxy) is 3. The van der Waals surface area contributed by atoms with Crippen LogP contribution in [0.15, 0.2) is 0 Å². The molecule has 0 aromatic heterocycles. The van der Waals surface area contributed by atoms with Crippen molar-refractivity contribution in [2.75, 3.05) is 0 Å². The lowest BCUT2D eigenvalue weighted by Gasteiger charge is -2.25. The second-order valence-electron chi connectivity index (χ2n) is 8.66. The normalized spacial score (nSPS) is 31.2. The molecule has 0 bridgehead atoms. The second kappa shape index (κ2) is 11.3. The largest absolute Gasteiger partial charge is 0.481 e. The molecule has 2 heterocycles. The number of carbonyl (C=O) groups is 2. The molecule has 0 aliphatic carbocycles. The topological polar surface area (TPSA) is 102 Å². The van der Waals surface area contributed by atoms with Crippen molar-refractivity contribution in [2.45, 2.75) is 116 Å². The van der Waals surface area contributed by atoms with Gasteiger partial charge in [-0.25, -0.2) is 0 Å². The van der Waals surface area contributed by atoms with Crippen molar-refractivity contribution >= 4 is 11.9 Å². The summed E-state index contributed by atoms with van der Waals surface area (Å²) in [6.07, 6.45) is 4.66. The minimum Gasteiger partial charge on any atom is -0.481 e. The van der Waals surface area contributed by atoms with Gasteiger partial charge in [0.05, 0.1) is 42.4 Å². The van der Waals surface area contributed by atoms with Crippen molar-refractivity contribution in [3.05, 3.63) is 0 Å². The van der Waals surface area contributed by atoms with E-state index in [-0.39, 0.29) is 48.5 Å². The Morgan fingerprint density at radius 2 is 1.48 bits per heavy atom. The third-order valence-electron chi connectivity index (χ3n) is 6.43. The molecular weight excluding hydrogens is 376 g/mol. The minimum atomic E-state index is -0.843. The fourth-order valence-corrected chi connectivity index (χ4v) is 4.19. The summed E-state index contributed by atoms with van der Waals surface area (Å²) in [6.45, 7) is 7.43. The van der Waals surface area contributed by atoms with E-state index in [0.29, 0.717) is 25.7 Å². The molecule has 7 nitrogen and oxygen atoms in total. The van der Waals surface area contributed by atoms with E-state index in [1.54, 1.807) is 6.92 Å². The van der Waals surface area contributed by atoms with Gasteiger partial charge >= 0.3 is 11.9 Å². The van der Waals surface area contributed by atoms with E-state index in [1.807, 2.05) is 20.8 Å². The molecule has 0 aromatic carbocycles. The Hall–Kier alpha value is -1.18. The van der Waals surface area contributed by atoms with Gasteiger partial charge in [-0.05, 0) is 58.8 Å².